The maximum absolute atomic E-state index is 13.0. The van der Waals surface area contributed by atoms with Crippen molar-refractivity contribution in [1.29, 1.82) is 0 Å². The van der Waals surface area contributed by atoms with Crippen molar-refractivity contribution in [2.45, 2.75) is 45.1 Å². The molecule has 0 bridgehead atoms. The Bertz CT molecular complexity index is 328. The summed E-state index contributed by atoms with van der Waals surface area (Å²) >= 11 is 3.18. The number of hydrogen-bond acceptors (Lipinski definition) is 1. The number of nitrogens with two attached hydrogens (primary N) is 1. The van der Waals surface area contributed by atoms with Crippen LogP contribution in [0, 0.1) is 5.82 Å². The van der Waals surface area contributed by atoms with Crippen molar-refractivity contribution >= 4 is 15.9 Å². The predicted molar refractivity (Wildman–Crippen MR) is 69.9 cm³/mol. The van der Waals surface area contributed by atoms with E-state index in [0.29, 0.717) is 4.47 Å². The van der Waals surface area contributed by atoms with Gasteiger partial charge in [-0.1, -0.05) is 32.3 Å². The van der Waals surface area contributed by atoms with Crippen molar-refractivity contribution < 1.29 is 4.39 Å². The fraction of sp³-hybridized carbons (Fsp3) is 0.538. The molecule has 0 radical (unpaired) electrons. The Morgan fingerprint density at radius 3 is 2.75 bits per heavy atom. The Morgan fingerprint density at radius 2 is 2.12 bits per heavy atom. The summed E-state index contributed by atoms with van der Waals surface area (Å²) in [7, 11) is 0. The Labute approximate surface area is 105 Å². The van der Waals surface area contributed by atoms with Crippen LogP contribution in [-0.2, 0) is 6.42 Å². The minimum atomic E-state index is -0.219. The van der Waals surface area contributed by atoms with Gasteiger partial charge in [-0.05, 0) is 46.5 Å². The van der Waals surface area contributed by atoms with Gasteiger partial charge in [0.2, 0.25) is 0 Å². The van der Waals surface area contributed by atoms with E-state index in [2.05, 4.69) is 22.9 Å². The monoisotopic (exact) mass is 287 g/mol. The van der Waals surface area contributed by atoms with E-state index >= 15 is 0 Å². The van der Waals surface area contributed by atoms with Crippen LogP contribution in [-0.4, -0.2) is 6.04 Å². The van der Waals surface area contributed by atoms with Gasteiger partial charge in [0.05, 0.1) is 4.47 Å². The first-order valence-electron chi connectivity index (χ1n) is 5.83. The summed E-state index contributed by atoms with van der Waals surface area (Å²) in [5.41, 5.74) is 7.12. The summed E-state index contributed by atoms with van der Waals surface area (Å²) in [4.78, 5) is 0. The largest absolute Gasteiger partial charge is 0.327 e. The van der Waals surface area contributed by atoms with Crippen LogP contribution < -0.4 is 5.73 Å². The molecule has 1 atom stereocenters. The molecule has 0 aliphatic carbocycles. The fourth-order valence-corrected chi connectivity index (χ4v) is 2.15. The van der Waals surface area contributed by atoms with Gasteiger partial charge in [0, 0.05) is 6.04 Å². The molecule has 0 fully saturated rings. The second-order valence-corrected chi connectivity index (χ2v) is 5.06. The highest BCUT2D eigenvalue weighted by Gasteiger charge is 2.06. The molecule has 90 valence electrons. The first-order valence-corrected chi connectivity index (χ1v) is 6.62. The second kappa shape index (κ2) is 7.02. The molecule has 0 aromatic heterocycles. The van der Waals surface area contributed by atoms with Crippen LogP contribution in [0.2, 0.25) is 0 Å². The zero-order valence-electron chi connectivity index (χ0n) is 9.68. The molecule has 0 amide bonds. The first kappa shape index (κ1) is 13.7. The van der Waals surface area contributed by atoms with Crippen LogP contribution in [0.15, 0.2) is 22.7 Å². The average Bonchev–Trinajstić information content (AvgIpc) is 2.24. The molecule has 0 heterocycles. The minimum Gasteiger partial charge on any atom is -0.327 e. The van der Waals surface area contributed by atoms with E-state index in [9.17, 15) is 4.39 Å². The van der Waals surface area contributed by atoms with Gasteiger partial charge in [-0.2, -0.15) is 0 Å². The Hall–Kier alpha value is -0.410. The molecule has 0 aliphatic heterocycles. The molecule has 1 unspecified atom stereocenters. The summed E-state index contributed by atoms with van der Waals surface area (Å²) in [5.74, 6) is -0.219. The standard InChI is InChI=1S/C13H19BrFN/c1-2-3-4-5-11(16)8-10-6-7-13(15)12(14)9-10/h6-7,9,11H,2-5,8,16H2,1H3. The molecule has 16 heavy (non-hydrogen) atoms. The van der Waals surface area contributed by atoms with Crippen molar-refractivity contribution in [3.05, 3.63) is 34.1 Å². The lowest BCUT2D eigenvalue weighted by molar-refractivity contribution is 0.556. The van der Waals surface area contributed by atoms with Crippen molar-refractivity contribution in [1.82, 2.24) is 0 Å². The molecule has 0 aliphatic rings. The first-order chi connectivity index (χ1) is 7.63. The molecule has 0 saturated carbocycles. The van der Waals surface area contributed by atoms with Gasteiger partial charge in [0.15, 0.2) is 0 Å². The zero-order valence-corrected chi connectivity index (χ0v) is 11.3. The van der Waals surface area contributed by atoms with E-state index in [1.54, 1.807) is 6.07 Å². The normalized spacial score (nSPS) is 12.8. The highest BCUT2D eigenvalue weighted by molar-refractivity contribution is 9.10. The third-order valence-corrected chi connectivity index (χ3v) is 3.27. The summed E-state index contributed by atoms with van der Waals surface area (Å²) in [6.07, 6.45) is 5.50. The lowest BCUT2D eigenvalue weighted by atomic mass is 10.0. The van der Waals surface area contributed by atoms with Gasteiger partial charge in [-0.3, -0.25) is 0 Å². The minimum absolute atomic E-state index is 0.184. The van der Waals surface area contributed by atoms with Gasteiger partial charge < -0.3 is 5.73 Å². The molecule has 1 aromatic carbocycles. The molecule has 1 aromatic rings. The van der Waals surface area contributed by atoms with Crippen LogP contribution in [0.4, 0.5) is 4.39 Å². The molecule has 0 spiro atoms. The van der Waals surface area contributed by atoms with Crippen LogP contribution in [0.3, 0.4) is 0 Å². The fourth-order valence-electron chi connectivity index (χ4n) is 1.73. The molecule has 3 heteroatoms. The van der Waals surface area contributed by atoms with Gasteiger partial charge in [0.25, 0.3) is 0 Å². The van der Waals surface area contributed by atoms with Gasteiger partial charge in [-0.15, -0.1) is 0 Å². The van der Waals surface area contributed by atoms with Crippen molar-refractivity contribution in [3.63, 3.8) is 0 Å². The summed E-state index contributed by atoms with van der Waals surface area (Å²) < 4.78 is 13.5. The van der Waals surface area contributed by atoms with Gasteiger partial charge in [0.1, 0.15) is 5.82 Å². The number of benzene rings is 1. The molecule has 0 saturated heterocycles. The third kappa shape index (κ3) is 4.62. The lowest BCUT2D eigenvalue weighted by Crippen LogP contribution is -2.22. The van der Waals surface area contributed by atoms with E-state index in [1.165, 1.54) is 25.3 Å². The number of rotatable bonds is 6. The zero-order chi connectivity index (χ0) is 12.0. The topological polar surface area (TPSA) is 26.0 Å². The Kier molecular flexibility index (Phi) is 5.99. The highest BCUT2D eigenvalue weighted by Crippen LogP contribution is 2.18. The van der Waals surface area contributed by atoms with Crippen LogP contribution >= 0.6 is 15.9 Å². The van der Waals surface area contributed by atoms with E-state index in [1.807, 2.05) is 6.07 Å². The summed E-state index contributed by atoms with van der Waals surface area (Å²) in [6.45, 7) is 2.18. The van der Waals surface area contributed by atoms with Crippen molar-refractivity contribution in [3.8, 4) is 0 Å². The molecule has 1 rings (SSSR count). The molecule has 1 nitrogen and oxygen atoms in total. The van der Waals surface area contributed by atoms with E-state index in [4.69, 9.17) is 5.73 Å². The highest BCUT2D eigenvalue weighted by atomic mass is 79.9. The maximum atomic E-state index is 13.0. The van der Waals surface area contributed by atoms with Crippen LogP contribution in [0.1, 0.15) is 38.2 Å². The van der Waals surface area contributed by atoms with Gasteiger partial charge >= 0.3 is 0 Å². The van der Waals surface area contributed by atoms with E-state index in [-0.39, 0.29) is 11.9 Å². The average molecular weight is 288 g/mol. The van der Waals surface area contributed by atoms with Crippen molar-refractivity contribution in [2.24, 2.45) is 5.73 Å². The maximum Gasteiger partial charge on any atom is 0.137 e. The van der Waals surface area contributed by atoms with Gasteiger partial charge in [-0.25, -0.2) is 4.39 Å². The second-order valence-electron chi connectivity index (χ2n) is 4.21. The summed E-state index contributed by atoms with van der Waals surface area (Å²) in [5, 5.41) is 0. The number of hydrogen-bond donors (Lipinski definition) is 1. The van der Waals surface area contributed by atoms with Crippen LogP contribution in [0.25, 0.3) is 0 Å². The Morgan fingerprint density at radius 1 is 1.38 bits per heavy atom. The van der Waals surface area contributed by atoms with Crippen LogP contribution in [0.5, 0.6) is 0 Å². The third-order valence-electron chi connectivity index (χ3n) is 2.66. The summed E-state index contributed by atoms with van der Waals surface area (Å²) in [6, 6.07) is 5.29. The number of halogens is 2. The van der Waals surface area contributed by atoms with E-state index in [0.717, 1.165) is 18.4 Å². The predicted octanol–water partition coefficient (Wildman–Crippen LogP) is 4.04. The quantitative estimate of drug-likeness (QED) is 0.785. The smallest absolute Gasteiger partial charge is 0.137 e. The number of unbranched alkanes of at least 4 members (excludes halogenated alkanes) is 2. The Balaban J connectivity index is 2.43. The molecule has 2 N–H and O–H groups in total. The van der Waals surface area contributed by atoms with E-state index < -0.39 is 0 Å². The lowest BCUT2D eigenvalue weighted by Gasteiger charge is -2.11. The molecular weight excluding hydrogens is 269 g/mol. The molecular formula is C13H19BrFN. The SMILES string of the molecule is CCCCCC(N)Cc1ccc(F)c(Br)c1. The van der Waals surface area contributed by atoms with Crippen molar-refractivity contribution in [2.75, 3.05) is 0 Å².